The summed E-state index contributed by atoms with van der Waals surface area (Å²) in [6.07, 6.45) is -5.35. The third-order valence-electron chi connectivity index (χ3n) is 6.98. The zero-order chi connectivity index (χ0) is 28.6. The SMILES string of the molecule is COc1ccc(C(F)(F)F)cc1N1C(N2CCN(c3cccc(F)c3)CC2)=Nc2c(F)cccc2C1CC(=O)[O-]. The number of nitrogens with zero attached hydrogens (tertiary/aromatic N) is 4. The highest BCUT2D eigenvalue weighted by atomic mass is 19.4. The van der Waals surface area contributed by atoms with Crippen molar-refractivity contribution in [2.75, 3.05) is 43.1 Å². The summed E-state index contributed by atoms with van der Waals surface area (Å²) in [4.78, 5) is 21.5. The highest BCUT2D eigenvalue weighted by Crippen LogP contribution is 2.46. The van der Waals surface area contributed by atoms with Gasteiger partial charge in [0.25, 0.3) is 0 Å². The third kappa shape index (κ3) is 5.25. The van der Waals surface area contributed by atoms with E-state index in [1.54, 1.807) is 17.0 Å². The molecule has 0 amide bonds. The Morgan fingerprint density at radius 3 is 2.35 bits per heavy atom. The van der Waals surface area contributed by atoms with Crippen molar-refractivity contribution in [3.8, 4) is 5.75 Å². The quantitative estimate of drug-likeness (QED) is 0.429. The minimum absolute atomic E-state index is 0.0438. The first kappa shape index (κ1) is 27.2. The van der Waals surface area contributed by atoms with Crippen LogP contribution in [-0.2, 0) is 11.0 Å². The number of carbonyl (C=O) groups is 1. The van der Waals surface area contributed by atoms with Crippen molar-refractivity contribution >= 4 is 29.0 Å². The molecule has 2 aliphatic heterocycles. The second-order valence-electron chi connectivity index (χ2n) is 9.39. The number of carboxylic acid groups (broad SMARTS) is 1. The summed E-state index contributed by atoms with van der Waals surface area (Å²) in [7, 11) is 1.28. The van der Waals surface area contributed by atoms with Crippen LogP contribution in [0.3, 0.4) is 0 Å². The maximum Gasteiger partial charge on any atom is 0.416 e. The molecule has 0 spiro atoms. The number of carbonyl (C=O) groups excluding carboxylic acids is 1. The van der Waals surface area contributed by atoms with E-state index in [2.05, 4.69) is 4.99 Å². The Morgan fingerprint density at radius 2 is 1.70 bits per heavy atom. The number of alkyl halides is 3. The van der Waals surface area contributed by atoms with Gasteiger partial charge in [0.2, 0.25) is 5.96 Å². The maximum atomic E-state index is 15.0. The molecule has 210 valence electrons. The van der Waals surface area contributed by atoms with Crippen LogP contribution in [0.2, 0.25) is 0 Å². The first-order valence-electron chi connectivity index (χ1n) is 12.4. The molecule has 0 bridgehead atoms. The van der Waals surface area contributed by atoms with Gasteiger partial charge in [-0.25, -0.2) is 13.8 Å². The summed E-state index contributed by atoms with van der Waals surface area (Å²) >= 11 is 0. The van der Waals surface area contributed by atoms with Gasteiger partial charge in [-0.15, -0.1) is 0 Å². The van der Waals surface area contributed by atoms with Gasteiger partial charge in [0.1, 0.15) is 23.1 Å². The summed E-state index contributed by atoms with van der Waals surface area (Å²) in [5.74, 6) is -2.46. The van der Waals surface area contributed by atoms with Gasteiger partial charge in [0, 0.05) is 49.8 Å². The maximum absolute atomic E-state index is 15.0. The number of benzene rings is 3. The molecule has 2 aliphatic rings. The number of aliphatic imine (C=N–C) groups is 1. The number of methoxy groups -OCH3 is 1. The van der Waals surface area contributed by atoms with Crippen LogP contribution in [0.4, 0.5) is 39.0 Å². The van der Waals surface area contributed by atoms with Crippen molar-refractivity contribution in [3.05, 3.63) is 83.4 Å². The third-order valence-corrected chi connectivity index (χ3v) is 6.98. The molecule has 0 radical (unpaired) electrons. The molecule has 3 aromatic carbocycles. The van der Waals surface area contributed by atoms with Gasteiger partial charge in [-0.1, -0.05) is 18.2 Å². The first-order valence-corrected chi connectivity index (χ1v) is 12.4. The lowest BCUT2D eigenvalue weighted by Crippen LogP contribution is -2.55. The lowest BCUT2D eigenvalue weighted by molar-refractivity contribution is -0.306. The predicted molar refractivity (Wildman–Crippen MR) is 137 cm³/mol. The van der Waals surface area contributed by atoms with E-state index in [4.69, 9.17) is 4.74 Å². The van der Waals surface area contributed by atoms with Gasteiger partial charge in [-0.3, -0.25) is 0 Å². The Hall–Kier alpha value is -4.35. The van der Waals surface area contributed by atoms with Crippen LogP contribution in [-0.4, -0.2) is 50.1 Å². The average molecular weight is 560 g/mol. The number of piperazine rings is 1. The van der Waals surface area contributed by atoms with Crippen LogP contribution >= 0.6 is 0 Å². The topological polar surface area (TPSA) is 71.4 Å². The van der Waals surface area contributed by atoms with Crippen molar-refractivity contribution < 1.29 is 36.6 Å². The van der Waals surface area contributed by atoms with Gasteiger partial charge in [-0.2, -0.15) is 13.2 Å². The van der Waals surface area contributed by atoms with E-state index in [1.165, 1.54) is 42.3 Å². The predicted octanol–water partition coefficient (Wildman–Crippen LogP) is 4.50. The fraction of sp³-hybridized carbons (Fsp3) is 0.286. The molecule has 1 unspecified atom stereocenters. The highest BCUT2D eigenvalue weighted by Gasteiger charge is 2.39. The molecule has 12 heteroatoms. The van der Waals surface area contributed by atoms with Crippen LogP contribution in [0.25, 0.3) is 0 Å². The number of rotatable bonds is 5. The lowest BCUT2D eigenvalue weighted by Gasteiger charge is -2.45. The number of hydrogen-bond donors (Lipinski definition) is 0. The van der Waals surface area contributed by atoms with E-state index in [0.717, 1.165) is 18.2 Å². The van der Waals surface area contributed by atoms with Crippen LogP contribution in [0.1, 0.15) is 23.6 Å². The van der Waals surface area contributed by atoms with Gasteiger partial charge >= 0.3 is 6.18 Å². The smallest absolute Gasteiger partial charge is 0.416 e. The molecule has 3 aromatic rings. The van der Waals surface area contributed by atoms with E-state index in [1.807, 2.05) is 4.90 Å². The molecule has 1 atom stereocenters. The van der Waals surface area contributed by atoms with Gasteiger partial charge in [-0.05, 0) is 42.5 Å². The minimum atomic E-state index is -4.70. The number of halogens is 5. The van der Waals surface area contributed by atoms with Crippen molar-refractivity contribution in [3.63, 3.8) is 0 Å². The molecule has 0 aliphatic carbocycles. The lowest BCUT2D eigenvalue weighted by atomic mass is 9.96. The largest absolute Gasteiger partial charge is 0.550 e. The summed E-state index contributed by atoms with van der Waals surface area (Å²) < 4.78 is 75.5. The second kappa shape index (κ2) is 10.7. The van der Waals surface area contributed by atoms with Crippen LogP contribution < -0.4 is 19.6 Å². The van der Waals surface area contributed by atoms with Gasteiger partial charge < -0.3 is 29.3 Å². The van der Waals surface area contributed by atoms with E-state index in [9.17, 15) is 27.5 Å². The Balaban J connectivity index is 1.62. The standard InChI is InChI=1S/C28H25F5N4O3/c1-40-24-9-8-17(28(31,32)33)14-23(24)37-22(16-25(38)39)20-6-3-7-21(30)26(20)34-27(37)36-12-10-35(11-13-36)19-5-2-4-18(29)15-19/h2-9,14-15,22H,10-13,16H2,1H3,(H,38,39)/p-1. The van der Waals surface area contributed by atoms with Crippen LogP contribution in [0.15, 0.2) is 65.7 Å². The summed E-state index contributed by atoms with van der Waals surface area (Å²) in [6.45, 7) is 1.36. The summed E-state index contributed by atoms with van der Waals surface area (Å²) in [6, 6.07) is 11.9. The number of fused-ring (bicyclic) bond motifs is 1. The number of ether oxygens (including phenoxy) is 1. The Morgan fingerprint density at radius 1 is 1.00 bits per heavy atom. The normalized spacial score (nSPS) is 17.4. The summed E-state index contributed by atoms with van der Waals surface area (Å²) in [5.41, 5.74) is -0.308. The molecule has 0 N–H and O–H groups in total. The molecular formula is C28H24F5N4O3-. The van der Waals surface area contributed by atoms with Gasteiger partial charge in [0.15, 0.2) is 0 Å². The Bertz CT molecular complexity index is 1450. The molecule has 0 saturated carbocycles. The molecule has 0 aromatic heterocycles. The van der Waals surface area contributed by atoms with E-state index in [0.29, 0.717) is 18.8 Å². The molecule has 5 rings (SSSR count). The minimum Gasteiger partial charge on any atom is -0.550 e. The van der Waals surface area contributed by atoms with Crippen molar-refractivity contribution in [2.45, 2.75) is 18.6 Å². The first-order chi connectivity index (χ1) is 19.1. The number of carboxylic acids is 1. The number of hydrogen-bond acceptors (Lipinski definition) is 7. The van der Waals surface area contributed by atoms with E-state index >= 15 is 4.39 Å². The monoisotopic (exact) mass is 559 g/mol. The Labute approximate surface area is 226 Å². The Kier molecular flexibility index (Phi) is 7.26. The zero-order valence-electron chi connectivity index (χ0n) is 21.3. The number of aliphatic carboxylic acids is 1. The molecular weight excluding hydrogens is 535 g/mol. The molecule has 7 nitrogen and oxygen atoms in total. The number of para-hydroxylation sites is 1. The highest BCUT2D eigenvalue weighted by molar-refractivity contribution is 6.02. The van der Waals surface area contributed by atoms with Gasteiger partial charge in [0.05, 0.1) is 24.4 Å². The molecule has 2 heterocycles. The zero-order valence-corrected chi connectivity index (χ0v) is 21.3. The summed E-state index contributed by atoms with van der Waals surface area (Å²) in [5, 5.41) is 11.9. The van der Waals surface area contributed by atoms with E-state index in [-0.39, 0.29) is 41.7 Å². The van der Waals surface area contributed by atoms with Crippen LogP contribution in [0.5, 0.6) is 5.75 Å². The van der Waals surface area contributed by atoms with Crippen molar-refractivity contribution in [1.29, 1.82) is 0 Å². The van der Waals surface area contributed by atoms with Crippen molar-refractivity contribution in [1.82, 2.24) is 4.90 Å². The van der Waals surface area contributed by atoms with Crippen LogP contribution in [0, 0.1) is 11.6 Å². The fourth-order valence-corrected chi connectivity index (χ4v) is 5.10. The fourth-order valence-electron chi connectivity index (χ4n) is 5.10. The van der Waals surface area contributed by atoms with Crippen molar-refractivity contribution in [2.24, 2.45) is 4.99 Å². The molecule has 40 heavy (non-hydrogen) atoms. The second-order valence-corrected chi connectivity index (χ2v) is 9.39. The molecule has 1 fully saturated rings. The van der Waals surface area contributed by atoms with E-state index < -0.39 is 41.8 Å². The number of guanidine groups is 1. The average Bonchev–Trinajstić information content (AvgIpc) is 2.92. The number of anilines is 2. The molecule has 1 saturated heterocycles.